The SMILES string of the molecule is Cc1cc(C)n2cnc(C(=O)NCc3ccc4c(c3)CCC4)c2n1. The van der Waals surface area contributed by atoms with Crippen LogP contribution in [0.25, 0.3) is 5.65 Å². The molecule has 2 aromatic heterocycles. The molecule has 0 fully saturated rings. The van der Waals surface area contributed by atoms with E-state index in [4.69, 9.17) is 0 Å². The van der Waals surface area contributed by atoms with Gasteiger partial charge in [0.2, 0.25) is 0 Å². The predicted molar refractivity (Wildman–Crippen MR) is 92.1 cm³/mol. The van der Waals surface area contributed by atoms with Crippen LogP contribution in [0.1, 0.15) is 45.0 Å². The summed E-state index contributed by atoms with van der Waals surface area (Å²) in [6, 6.07) is 8.47. The molecule has 1 amide bonds. The van der Waals surface area contributed by atoms with Gasteiger partial charge in [0, 0.05) is 17.9 Å². The van der Waals surface area contributed by atoms with Crippen LogP contribution < -0.4 is 5.32 Å². The fourth-order valence-electron chi connectivity index (χ4n) is 3.44. The summed E-state index contributed by atoms with van der Waals surface area (Å²) in [5, 5.41) is 2.97. The number of nitrogens with zero attached hydrogens (tertiary/aromatic N) is 3. The van der Waals surface area contributed by atoms with Crippen LogP contribution in [0, 0.1) is 13.8 Å². The van der Waals surface area contributed by atoms with Gasteiger partial charge in [-0.25, -0.2) is 9.97 Å². The summed E-state index contributed by atoms with van der Waals surface area (Å²) in [5.41, 5.74) is 6.88. The Bertz CT molecular complexity index is 942. The van der Waals surface area contributed by atoms with E-state index in [0.29, 0.717) is 17.9 Å². The molecule has 5 nitrogen and oxygen atoms in total. The molecule has 0 spiro atoms. The van der Waals surface area contributed by atoms with Crippen molar-refractivity contribution >= 4 is 11.6 Å². The summed E-state index contributed by atoms with van der Waals surface area (Å²) in [6.07, 6.45) is 5.20. The second-order valence-corrected chi connectivity index (χ2v) is 6.46. The van der Waals surface area contributed by atoms with Crippen molar-refractivity contribution in [3.8, 4) is 0 Å². The molecule has 2 heterocycles. The van der Waals surface area contributed by atoms with Gasteiger partial charge < -0.3 is 5.32 Å². The molecule has 122 valence electrons. The quantitative estimate of drug-likeness (QED) is 0.807. The number of imidazole rings is 1. The maximum Gasteiger partial charge on any atom is 0.274 e. The van der Waals surface area contributed by atoms with Crippen molar-refractivity contribution in [2.45, 2.75) is 39.7 Å². The Labute approximate surface area is 140 Å². The van der Waals surface area contributed by atoms with Gasteiger partial charge in [-0.1, -0.05) is 18.2 Å². The first-order valence-electron chi connectivity index (χ1n) is 8.32. The van der Waals surface area contributed by atoms with Gasteiger partial charge in [-0.05, 0) is 55.9 Å². The molecule has 5 heteroatoms. The van der Waals surface area contributed by atoms with Crippen molar-refractivity contribution in [3.63, 3.8) is 0 Å². The first-order valence-corrected chi connectivity index (χ1v) is 8.32. The van der Waals surface area contributed by atoms with E-state index in [9.17, 15) is 4.79 Å². The summed E-state index contributed by atoms with van der Waals surface area (Å²) in [4.78, 5) is 21.2. The standard InChI is InChI=1S/C19H20N4O/c1-12-8-13(2)23-11-21-17(18(23)22-12)19(24)20-10-14-6-7-15-4-3-5-16(15)9-14/h6-9,11H,3-5,10H2,1-2H3,(H,20,24). The van der Waals surface area contributed by atoms with Crippen molar-refractivity contribution in [2.24, 2.45) is 0 Å². The minimum absolute atomic E-state index is 0.185. The van der Waals surface area contributed by atoms with E-state index in [0.717, 1.165) is 23.4 Å². The normalized spacial score (nSPS) is 13.2. The molecule has 1 aromatic carbocycles. The molecule has 4 rings (SSSR count). The van der Waals surface area contributed by atoms with Gasteiger partial charge in [0.25, 0.3) is 5.91 Å². The summed E-state index contributed by atoms with van der Waals surface area (Å²) in [5.74, 6) is -0.185. The predicted octanol–water partition coefficient (Wildman–Crippen LogP) is 2.76. The molecule has 0 unspecified atom stereocenters. The van der Waals surface area contributed by atoms with E-state index >= 15 is 0 Å². The lowest BCUT2D eigenvalue weighted by Gasteiger charge is -2.07. The van der Waals surface area contributed by atoms with Gasteiger partial charge in [-0.2, -0.15) is 0 Å². The Morgan fingerprint density at radius 2 is 2.04 bits per heavy atom. The van der Waals surface area contributed by atoms with Crippen molar-refractivity contribution in [1.29, 1.82) is 0 Å². The Morgan fingerprint density at radius 1 is 1.21 bits per heavy atom. The number of amides is 1. The molecule has 24 heavy (non-hydrogen) atoms. The van der Waals surface area contributed by atoms with Crippen LogP contribution in [-0.4, -0.2) is 20.3 Å². The monoisotopic (exact) mass is 320 g/mol. The molecule has 0 radical (unpaired) electrons. The van der Waals surface area contributed by atoms with E-state index in [1.165, 1.54) is 24.0 Å². The van der Waals surface area contributed by atoms with E-state index in [1.54, 1.807) is 6.33 Å². The largest absolute Gasteiger partial charge is 0.347 e. The lowest BCUT2D eigenvalue weighted by atomic mass is 10.1. The van der Waals surface area contributed by atoms with Gasteiger partial charge in [-0.15, -0.1) is 0 Å². The van der Waals surface area contributed by atoms with Crippen LogP contribution in [0.3, 0.4) is 0 Å². The Kier molecular flexibility index (Phi) is 3.56. The molecular formula is C19H20N4O. The zero-order valence-corrected chi connectivity index (χ0v) is 14.0. The lowest BCUT2D eigenvalue weighted by molar-refractivity contribution is 0.0948. The summed E-state index contributed by atoms with van der Waals surface area (Å²) < 4.78 is 1.84. The zero-order valence-electron chi connectivity index (χ0n) is 14.0. The van der Waals surface area contributed by atoms with Crippen LogP contribution in [0.2, 0.25) is 0 Å². The van der Waals surface area contributed by atoms with Crippen LogP contribution >= 0.6 is 0 Å². The minimum atomic E-state index is -0.185. The fourth-order valence-corrected chi connectivity index (χ4v) is 3.44. The van der Waals surface area contributed by atoms with Gasteiger partial charge in [0.1, 0.15) is 6.33 Å². The number of aromatic nitrogens is 3. The minimum Gasteiger partial charge on any atom is -0.347 e. The number of carbonyl (C=O) groups excluding carboxylic acids is 1. The highest BCUT2D eigenvalue weighted by atomic mass is 16.1. The van der Waals surface area contributed by atoms with Crippen molar-refractivity contribution in [2.75, 3.05) is 0 Å². The highest BCUT2D eigenvalue weighted by molar-refractivity contribution is 5.97. The number of aryl methyl sites for hydroxylation is 4. The molecule has 0 aliphatic heterocycles. The van der Waals surface area contributed by atoms with Crippen molar-refractivity contribution in [3.05, 3.63) is 64.4 Å². The number of hydrogen-bond donors (Lipinski definition) is 1. The molecule has 1 aliphatic rings. The zero-order chi connectivity index (χ0) is 16.7. The highest BCUT2D eigenvalue weighted by Crippen LogP contribution is 2.22. The van der Waals surface area contributed by atoms with Crippen LogP contribution in [0.4, 0.5) is 0 Å². The second kappa shape index (κ2) is 5.74. The third kappa shape index (κ3) is 2.56. The number of rotatable bonds is 3. The summed E-state index contributed by atoms with van der Waals surface area (Å²) >= 11 is 0. The van der Waals surface area contributed by atoms with Crippen molar-refractivity contribution in [1.82, 2.24) is 19.7 Å². The van der Waals surface area contributed by atoms with Gasteiger partial charge >= 0.3 is 0 Å². The van der Waals surface area contributed by atoms with E-state index in [2.05, 4.69) is 33.5 Å². The first kappa shape index (κ1) is 14.9. The van der Waals surface area contributed by atoms with Crippen LogP contribution in [0.5, 0.6) is 0 Å². The maximum absolute atomic E-state index is 12.5. The van der Waals surface area contributed by atoms with Gasteiger partial charge in [-0.3, -0.25) is 9.20 Å². The number of hydrogen-bond acceptors (Lipinski definition) is 3. The van der Waals surface area contributed by atoms with E-state index in [1.807, 2.05) is 24.3 Å². The average Bonchev–Trinajstić information content (AvgIpc) is 3.18. The Balaban J connectivity index is 1.54. The molecule has 0 saturated heterocycles. The average molecular weight is 320 g/mol. The van der Waals surface area contributed by atoms with Crippen LogP contribution in [0.15, 0.2) is 30.6 Å². The number of nitrogens with one attached hydrogen (secondary N) is 1. The maximum atomic E-state index is 12.5. The Morgan fingerprint density at radius 3 is 2.92 bits per heavy atom. The fraction of sp³-hybridized carbons (Fsp3) is 0.316. The number of carbonyl (C=O) groups is 1. The smallest absolute Gasteiger partial charge is 0.274 e. The van der Waals surface area contributed by atoms with Gasteiger partial charge in [0.15, 0.2) is 11.3 Å². The topological polar surface area (TPSA) is 59.3 Å². The molecular weight excluding hydrogens is 300 g/mol. The first-order chi connectivity index (χ1) is 11.6. The molecule has 3 aromatic rings. The highest BCUT2D eigenvalue weighted by Gasteiger charge is 2.16. The molecule has 0 bridgehead atoms. The Hall–Kier alpha value is -2.69. The number of benzene rings is 1. The lowest BCUT2D eigenvalue weighted by Crippen LogP contribution is -2.23. The molecule has 1 N–H and O–H groups in total. The van der Waals surface area contributed by atoms with E-state index in [-0.39, 0.29) is 5.91 Å². The number of fused-ring (bicyclic) bond motifs is 2. The van der Waals surface area contributed by atoms with Crippen LogP contribution in [-0.2, 0) is 19.4 Å². The van der Waals surface area contributed by atoms with E-state index < -0.39 is 0 Å². The van der Waals surface area contributed by atoms with Crippen molar-refractivity contribution < 1.29 is 4.79 Å². The van der Waals surface area contributed by atoms with Gasteiger partial charge in [0.05, 0.1) is 0 Å². The second-order valence-electron chi connectivity index (χ2n) is 6.46. The summed E-state index contributed by atoms with van der Waals surface area (Å²) in [7, 11) is 0. The molecule has 0 atom stereocenters. The third-order valence-electron chi connectivity index (χ3n) is 4.65. The molecule has 0 saturated carbocycles. The molecule has 1 aliphatic carbocycles. The third-order valence-corrected chi connectivity index (χ3v) is 4.65. The summed E-state index contributed by atoms with van der Waals surface area (Å²) in [6.45, 7) is 4.41.